The van der Waals surface area contributed by atoms with Crippen LogP contribution in [0.2, 0.25) is 0 Å². The van der Waals surface area contributed by atoms with Gasteiger partial charge < -0.3 is 21.3 Å². The van der Waals surface area contributed by atoms with Crippen LogP contribution < -0.4 is 21.3 Å². The molecule has 0 aromatic carbocycles. The normalized spacial score (nSPS) is 22.5. The molecule has 0 spiro atoms. The number of nitrogens with zero attached hydrogens (tertiary/aromatic N) is 2. The number of primary amides is 1. The summed E-state index contributed by atoms with van der Waals surface area (Å²) < 4.78 is 0. The van der Waals surface area contributed by atoms with Gasteiger partial charge in [-0.3, -0.25) is 9.59 Å². The van der Waals surface area contributed by atoms with Crippen LogP contribution in [0.1, 0.15) is 44.6 Å². The van der Waals surface area contributed by atoms with E-state index in [0.717, 1.165) is 63.1 Å². The Bertz CT molecular complexity index is 659. The SMILES string of the molecule is CC1(C(=O)NCc2cccnc2N2CCC(C(N)=O)CC2)CCCCN1.Cl.Cl. The van der Waals surface area contributed by atoms with Crippen molar-refractivity contribution in [1.29, 1.82) is 0 Å². The molecule has 1 atom stereocenters. The third-order valence-corrected chi connectivity index (χ3v) is 5.62. The number of carbonyl (C=O) groups excluding carboxylic acids is 2. The predicted octanol–water partition coefficient (Wildman–Crippen LogP) is 1.78. The molecule has 2 fully saturated rings. The maximum absolute atomic E-state index is 12.6. The zero-order chi connectivity index (χ0) is 18.6. The van der Waals surface area contributed by atoms with Gasteiger partial charge in [0.2, 0.25) is 11.8 Å². The minimum absolute atomic E-state index is 0. The standard InChI is InChI=1S/C19H29N5O2.2ClH/c1-19(8-2-3-10-23-19)18(26)22-13-15-5-4-9-21-17(15)24-11-6-14(7-12-24)16(20)25;;/h4-5,9,14,23H,2-3,6-8,10-13H2,1H3,(H2,20,25)(H,22,26);2*1H. The van der Waals surface area contributed by atoms with Crippen molar-refractivity contribution in [3.8, 4) is 0 Å². The van der Waals surface area contributed by atoms with Gasteiger partial charge in [-0.25, -0.2) is 4.98 Å². The Balaban J connectivity index is 0.00000196. The van der Waals surface area contributed by atoms with Crippen LogP contribution in [0.25, 0.3) is 0 Å². The first-order chi connectivity index (χ1) is 12.5. The highest BCUT2D eigenvalue weighted by molar-refractivity contribution is 5.86. The van der Waals surface area contributed by atoms with Gasteiger partial charge in [-0.1, -0.05) is 6.07 Å². The minimum Gasteiger partial charge on any atom is -0.369 e. The van der Waals surface area contributed by atoms with E-state index in [9.17, 15) is 9.59 Å². The number of aromatic nitrogens is 1. The number of rotatable bonds is 5. The van der Waals surface area contributed by atoms with Gasteiger partial charge in [0.1, 0.15) is 5.82 Å². The molecule has 0 saturated carbocycles. The number of carbonyl (C=O) groups is 2. The highest BCUT2D eigenvalue weighted by Gasteiger charge is 2.34. The molecule has 2 saturated heterocycles. The number of amides is 2. The summed E-state index contributed by atoms with van der Waals surface area (Å²) in [6.07, 6.45) is 6.32. The Morgan fingerprint density at radius 1 is 1.32 bits per heavy atom. The summed E-state index contributed by atoms with van der Waals surface area (Å²) in [7, 11) is 0. The molecule has 2 aliphatic rings. The zero-order valence-electron chi connectivity index (χ0n) is 16.3. The Kier molecular flexibility index (Phi) is 9.47. The lowest BCUT2D eigenvalue weighted by Crippen LogP contribution is -2.56. The van der Waals surface area contributed by atoms with Gasteiger partial charge >= 0.3 is 0 Å². The van der Waals surface area contributed by atoms with Gasteiger partial charge in [0, 0.05) is 37.3 Å². The van der Waals surface area contributed by atoms with E-state index in [0.29, 0.717) is 6.54 Å². The van der Waals surface area contributed by atoms with Crippen LogP contribution in [0.4, 0.5) is 5.82 Å². The van der Waals surface area contributed by atoms with Crippen LogP contribution in [0.5, 0.6) is 0 Å². The number of hydrogen-bond acceptors (Lipinski definition) is 5. The van der Waals surface area contributed by atoms with Gasteiger partial charge in [0.15, 0.2) is 0 Å². The highest BCUT2D eigenvalue weighted by Crippen LogP contribution is 2.25. The molecular formula is C19H31Cl2N5O2. The van der Waals surface area contributed by atoms with Crippen molar-refractivity contribution in [2.24, 2.45) is 11.7 Å². The quantitative estimate of drug-likeness (QED) is 0.659. The Labute approximate surface area is 179 Å². The van der Waals surface area contributed by atoms with E-state index in [1.54, 1.807) is 6.20 Å². The van der Waals surface area contributed by atoms with Crippen molar-refractivity contribution < 1.29 is 9.59 Å². The van der Waals surface area contributed by atoms with E-state index in [2.05, 4.69) is 20.5 Å². The Morgan fingerprint density at radius 2 is 2.04 bits per heavy atom. The number of nitrogens with two attached hydrogens (primary N) is 1. The van der Waals surface area contributed by atoms with Gasteiger partial charge in [-0.05, 0) is 51.6 Å². The summed E-state index contributed by atoms with van der Waals surface area (Å²) in [6, 6.07) is 3.89. The summed E-state index contributed by atoms with van der Waals surface area (Å²) in [5, 5.41) is 6.42. The molecule has 2 aliphatic heterocycles. The molecule has 1 aromatic heterocycles. The monoisotopic (exact) mass is 431 g/mol. The average molecular weight is 432 g/mol. The van der Waals surface area contributed by atoms with E-state index < -0.39 is 5.54 Å². The third kappa shape index (κ3) is 5.72. The third-order valence-electron chi connectivity index (χ3n) is 5.62. The van der Waals surface area contributed by atoms with Gasteiger partial charge in [-0.15, -0.1) is 24.8 Å². The molecule has 7 nitrogen and oxygen atoms in total. The van der Waals surface area contributed by atoms with Gasteiger partial charge in [0.25, 0.3) is 0 Å². The van der Waals surface area contributed by atoms with Crippen molar-refractivity contribution in [2.75, 3.05) is 24.5 Å². The fraction of sp³-hybridized carbons (Fsp3) is 0.632. The lowest BCUT2D eigenvalue weighted by molar-refractivity contribution is -0.128. The fourth-order valence-electron chi connectivity index (χ4n) is 3.85. The molecule has 2 amide bonds. The lowest BCUT2D eigenvalue weighted by atomic mass is 9.90. The first-order valence-electron chi connectivity index (χ1n) is 9.51. The summed E-state index contributed by atoms with van der Waals surface area (Å²) in [5.74, 6) is 0.666. The van der Waals surface area contributed by atoms with Crippen LogP contribution in [0, 0.1) is 5.92 Å². The van der Waals surface area contributed by atoms with Crippen molar-refractivity contribution >= 4 is 42.4 Å². The van der Waals surface area contributed by atoms with E-state index in [1.807, 2.05) is 19.1 Å². The first kappa shape index (κ1) is 24.5. The maximum atomic E-state index is 12.6. The summed E-state index contributed by atoms with van der Waals surface area (Å²) in [4.78, 5) is 30.7. The van der Waals surface area contributed by atoms with Crippen molar-refractivity contribution in [1.82, 2.24) is 15.6 Å². The number of anilines is 1. The van der Waals surface area contributed by atoms with Crippen molar-refractivity contribution in [2.45, 2.75) is 51.1 Å². The maximum Gasteiger partial charge on any atom is 0.240 e. The molecule has 0 bridgehead atoms. The molecule has 9 heteroatoms. The molecule has 28 heavy (non-hydrogen) atoms. The minimum atomic E-state index is -0.486. The molecular weight excluding hydrogens is 401 g/mol. The first-order valence-corrected chi connectivity index (χ1v) is 9.51. The van der Waals surface area contributed by atoms with Crippen LogP contribution in [-0.2, 0) is 16.1 Å². The van der Waals surface area contributed by atoms with Crippen molar-refractivity contribution in [3.05, 3.63) is 23.9 Å². The summed E-state index contributed by atoms with van der Waals surface area (Å²) >= 11 is 0. The molecule has 3 rings (SSSR count). The smallest absolute Gasteiger partial charge is 0.240 e. The zero-order valence-corrected chi connectivity index (χ0v) is 17.9. The topological polar surface area (TPSA) is 100 Å². The second-order valence-corrected chi connectivity index (χ2v) is 7.55. The largest absolute Gasteiger partial charge is 0.369 e. The second kappa shape index (κ2) is 10.8. The van der Waals surface area contributed by atoms with Crippen LogP contribution in [0.15, 0.2) is 18.3 Å². The van der Waals surface area contributed by atoms with E-state index >= 15 is 0 Å². The van der Waals surface area contributed by atoms with Crippen LogP contribution in [-0.4, -0.2) is 42.0 Å². The number of halogens is 2. The number of piperidine rings is 2. The predicted molar refractivity (Wildman–Crippen MR) is 115 cm³/mol. The van der Waals surface area contributed by atoms with Crippen LogP contribution >= 0.6 is 24.8 Å². The number of pyridine rings is 1. The molecule has 0 aliphatic carbocycles. The second-order valence-electron chi connectivity index (χ2n) is 7.55. The Hall–Kier alpha value is -1.57. The van der Waals surface area contributed by atoms with Gasteiger partial charge in [0.05, 0.1) is 5.54 Å². The van der Waals surface area contributed by atoms with E-state index in [1.165, 1.54) is 0 Å². The molecule has 3 heterocycles. The summed E-state index contributed by atoms with van der Waals surface area (Å²) in [5.41, 5.74) is 5.93. The Morgan fingerprint density at radius 3 is 2.64 bits per heavy atom. The van der Waals surface area contributed by atoms with E-state index in [4.69, 9.17) is 5.73 Å². The molecule has 4 N–H and O–H groups in total. The molecule has 0 radical (unpaired) electrons. The number of hydrogen-bond donors (Lipinski definition) is 3. The lowest BCUT2D eigenvalue weighted by Gasteiger charge is -2.34. The molecule has 1 unspecified atom stereocenters. The molecule has 158 valence electrons. The molecule has 1 aromatic rings. The van der Waals surface area contributed by atoms with E-state index in [-0.39, 0.29) is 42.5 Å². The van der Waals surface area contributed by atoms with Gasteiger partial charge in [-0.2, -0.15) is 0 Å². The van der Waals surface area contributed by atoms with Crippen molar-refractivity contribution in [3.63, 3.8) is 0 Å². The summed E-state index contributed by atoms with van der Waals surface area (Å²) in [6.45, 7) is 4.82. The highest BCUT2D eigenvalue weighted by atomic mass is 35.5. The number of nitrogens with one attached hydrogen (secondary N) is 2. The average Bonchev–Trinajstić information content (AvgIpc) is 2.67. The fourth-order valence-corrected chi connectivity index (χ4v) is 3.85. The van der Waals surface area contributed by atoms with Crippen LogP contribution in [0.3, 0.4) is 0 Å².